The van der Waals surface area contributed by atoms with Gasteiger partial charge in [-0.15, -0.1) is 0 Å². The SMILES string of the molecule is CC(C)c1noc(N2CCC(COc3ccc(C4=CCC(C(=O)NCCF)CC4)cc3)CC2)n1. The summed E-state index contributed by atoms with van der Waals surface area (Å²) >= 11 is 0. The molecule has 1 fully saturated rings. The Balaban J connectivity index is 1.21. The number of amides is 1. The molecule has 1 atom stereocenters. The third-order valence-corrected chi connectivity index (χ3v) is 6.72. The molecule has 0 spiro atoms. The van der Waals surface area contributed by atoms with Crippen LogP contribution in [0.3, 0.4) is 0 Å². The van der Waals surface area contributed by atoms with E-state index < -0.39 is 6.67 Å². The minimum Gasteiger partial charge on any atom is -0.493 e. The third-order valence-electron chi connectivity index (χ3n) is 6.72. The van der Waals surface area contributed by atoms with Crippen molar-refractivity contribution in [1.82, 2.24) is 15.5 Å². The van der Waals surface area contributed by atoms with Crippen molar-refractivity contribution < 1.29 is 18.4 Å². The lowest BCUT2D eigenvalue weighted by Gasteiger charge is -2.30. The van der Waals surface area contributed by atoms with Crippen molar-refractivity contribution >= 4 is 17.5 Å². The molecule has 1 aliphatic heterocycles. The monoisotopic (exact) mass is 470 g/mol. The van der Waals surface area contributed by atoms with Gasteiger partial charge >= 0.3 is 6.01 Å². The molecule has 0 saturated carbocycles. The number of piperidine rings is 1. The molecule has 2 heterocycles. The number of halogens is 1. The number of carbonyl (C=O) groups excluding carboxylic acids is 1. The number of ether oxygens (including phenoxy) is 1. The maximum atomic E-state index is 12.3. The number of nitrogens with one attached hydrogen (secondary N) is 1. The predicted molar refractivity (Wildman–Crippen MR) is 130 cm³/mol. The van der Waals surface area contributed by atoms with E-state index in [1.54, 1.807) is 0 Å². The van der Waals surface area contributed by atoms with E-state index in [2.05, 4.69) is 52.4 Å². The molecule has 34 heavy (non-hydrogen) atoms. The normalized spacial score (nSPS) is 19.2. The van der Waals surface area contributed by atoms with Gasteiger partial charge in [-0.2, -0.15) is 4.98 Å². The van der Waals surface area contributed by atoms with Crippen molar-refractivity contribution in [3.63, 3.8) is 0 Å². The second-order valence-corrected chi connectivity index (χ2v) is 9.54. The number of nitrogens with zero attached hydrogens (tertiary/aromatic N) is 3. The highest BCUT2D eigenvalue weighted by Crippen LogP contribution is 2.31. The molecule has 1 N–H and O–H groups in total. The summed E-state index contributed by atoms with van der Waals surface area (Å²) in [5.74, 6) is 2.31. The summed E-state index contributed by atoms with van der Waals surface area (Å²) in [4.78, 5) is 18.7. The first-order chi connectivity index (χ1) is 16.5. The minimum atomic E-state index is -0.521. The predicted octanol–water partition coefficient (Wildman–Crippen LogP) is 4.76. The van der Waals surface area contributed by atoms with Crippen LogP contribution in [-0.4, -0.2) is 49.0 Å². The fourth-order valence-corrected chi connectivity index (χ4v) is 4.51. The molecule has 1 aromatic carbocycles. The van der Waals surface area contributed by atoms with Crippen molar-refractivity contribution in [2.24, 2.45) is 11.8 Å². The van der Waals surface area contributed by atoms with Crippen molar-refractivity contribution in [2.75, 3.05) is 37.8 Å². The molecular weight excluding hydrogens is 435 g/mol. The van der Waals surface area contributed by atoms with E-state index in [9.17, 15) is 9.18 Å². The summed E-state index contributed by atoms with van der Waals surface area (Å²) in [5.41, 5.74) is 2.43. The lowest BCUT2D eigenvalue weighted by Crippen LogP contribution is -2.35. The van der Waals surface area contributed by atoms with E-state index in [4.69, 9.17) is 9.26 Å². The van der Waals surface area contributed by atoms with Crippen LogP contribution in [0.25, 0.3) is 5.57 Å². The Morgan fingerprint density at radius 3 is 2.62 bits per heavy atom. The summed E-state index contributed by atoms with van der Waals surface area (Å²) in [6.45, 7) is 6.20. The summed E-state index contributed by atoms with van der Waals surface area (Å²) in [6, 6.07) is 8.86. The van der Waals surface area contributed by atoms with Gasteiger partial charge in [0.05, 0.1) is 6.61 Å². The molecular formula is C26H35FN4O3. The van der Waals surface area contributed by atoms with Crippen LogP contribution >= 0.6 is 0 Å². The number of alkyl halides is 1. The van der Waals surface area contributed by atoms with Gasteiger partial charge in [-0.25, -0.2) is 4.39 Å². The van der Waals surface area contributed by atoms with Crippen LogP contribution < -0.4 is 15.0 Å². The van der Waals surface area contributed by atoms with Crippen LogP contribution in [-0.2, 0) is 4.79 Å². The zero-order valence-electron chi connectivity index (χ0n) is 20.1. The Bertz CT molecular complexity index is 965. The van der Waals surface area contributed by atoms with Gasteiger partial charge in [-0.3, -0.25) is 4.79 Å². The molecule has 0 radical (unpaired) electrons. The first-order valence-corrected chi connectivity index (χ1v) is 12.4. The highest BCUT2D eigenvalue weighted by Gasteiger charge is 2.24. The van der Waals surface area contributed by atoms with Crippen LogP contribution in [0.5, 0.6) is 5.75 Å². The second-order valence-electron chi connectivity index (χ2n) is 9.54. The number of carbonyl (C=O) groups is 1. The number of anilines is 1. The standard InChI is InChI=1S/C26H35FN4O3/c1-18(2)24-29-26(34-30-24)31-15-11-19(12-16-31)17-33-23-9-7-21(8-10-23)20-3-5-22(6-4-20)25(32)28-14-13-27/h3,7-10,18-19,22H,4-6,11-17H2,1-2H3,(H,28,32). The van der Waals surface area contributed by atoms with Gasteiger partial charge in [-0.1, -0.05) is 37.2 Å². The van der Waals surface area contributed by atoms with Crippen LogP contribution in [0, 0.1) is 11.8 Å². The first-order valence-electron chi connectivity index (χ1n) is 12.4. The maximum Gasteiger partial charge on any atom is 0.324 e. The van der Waals surface area contributed by atoms with Crippen molar-refractivity contribution in [3.05, 3.63) is 41.7 Å². The van der Waals surface area contributed by atoms with E-state index in [0.29, 0.717) is 25.0 Å². The average molecular weight is 471 g/mol. The van der Waals surface area contributed by atoms with Crippen molar-refractivity contribution in [2.45, 2.75) is 51.9 Å². The Hall–Kier alpha value is -2.90. The molecule has 1 saturated heterocycles. The molecule has 1 aliphatic carbocycles. The molecule has 1 unspecified atom stereocenters. The fourth-order valence-electron chi connectivity index (χ4n) is 4.51. The fraction of sp³-hybridized carbons (Fsp3) is 0.577. The number of benzene rings is 1. The number of rotatable bonds is 9. The average Bonchev–Trinajstić information content (AvgIpc) is 3.38. The maximum absolute atomic E-state index is 12.3. The van der Waals surface area contributed by atoms with E-state index in [0.717, 1.165) is 50.3 Å². The van der Waals surface area contributed by atoms with Gasteiger partial charge in [0.25, 0.3) is 0 Å². The number of aromatic nitrogens is 2. The Morgan fingerprint density at radius 2 is 2.00 bits per heavy atom. The van der Waals surface area contributed by atoms with Crippen molar-refractivity contribution in [3.8, 4) is 5.75 Å². The van der Waals surface area contributed by atoms with E-state index in [-0.39, 0.29) is 24.3 Å². The zero-order chi connectivity index (χ0) is 23.9. The number of hydrogen-bond acceptors (Lipinski definition) is 6. The summed E-state index contributed by atoms with van der Waals surface area (Å²) in [5, 5.41) is 6.71. The lowest BCUT2D eigenvalue weighted by atomic mass is 9.86. The summed E-state index contributed by atoms with van der Waals surface area (Å²) in [6.07, 6.45) is 6.55. The molecule has 1 aromatic heterocycles. The van der Waals surface area contributed by atoms with E-state index >= 15 is 0 Å². The third kappa shape index (κ3) is 6.15. The largest absolute Gasteiger partial charge is 0.493 e. The molecule has 2 aliphatic rings. The highest BCUT2D eigenvalue weighted by molar-refractivity contribution is 5.80. The van der Waals surface area contributed by atoms with Crippen LogP contribution in [0.2, 0.25) is 0 Å². The Morgan fingerprint density at radius 1 is 1.24 bits per heavy atom. The van der Waals surface area contributed by atoms with Gasteiger partial charge in [0.2, 0.25) is 5.91 Å². The smallest absolute Gasteiger partial charge is 0.324 e. The second kappa shape index (κ2) is 11.5. The quantitative estimate of drug-likeness (QED) is 0.569. The highest BCUT2D eigenvalue weighted by atomic mass is 19.1. The first kappa shape index (κ1) is 24.2. The van der Waals surface area contributed by atoms with Crippen LogP contribution in [0.15, 0.2) is 34.9 Å². The van der Waals surface area contributed by atoms with Gasteiger partial charge in [0, 0.05) is 31.5 Å². The van der Waals surface area contributed by atoms with Gasteiger partial charge in [-0.05, 0) is 61.3 Å². The van der Waals surface area contributed by atoms with Gasteiger partial charge in [0.15, 0.2) is 5.82 Å². The van der Waals surface area contributed by atoms with E-state index in [1.165, 1.54) is 11.1 Å². The molecule has 4 rings (SSSR count). The Labute approximate surface area is 200 Å². The van der Waals surface area contributed by atoms with Gasteiger partial charge in [0.1, 0.15) is 12.4 Å². The molecule has 7 nitrogen and oxygen atoms in total. The van der Waals surface area contributed by atoms with E-state index in [1.807, 2.05) is 12.1 Å². The molecule has 2 aromatic rings. The van der Waals surface area contributed by atoms with Gasteiger partial charge < -0.3 is 19.5 Å². The lowest BCUT2D eigenvalue weighted by molar-refractivity contribution is -0.125. The summed E-state index contributed by atoms with van der Waals surface area (Å²) in [7, 11) is 0. The van der Waals surface area contributed by atoms with Crippen LogP contribution in [0.1, 0.15) is 63.3 Å². The molecule has 1 amide bonds. The molecule has 0 bridgehead atoms. The molecule has 8 heteroatoms. The van der Waals surface area contributed by atoms with Crippen LogP contribution in [0.4, 0.5) is 10.4 Å². The summed E-state index contributed by atoms with van der Waals surface area (Å²) < 4.78 is 23.8. The topological polar surface area (TPSA) is 80.5 Å². The number of allylic oxidation sites excluding steroid dienone is 2. The number of hydrogen-bond donors (Lipinski definition) is 1. The molecule has 184 valence electrons. The Kier molecular flexibility index (Phi) is 8.19. The van der Waals surface area contributed by atoms with Crippen molar-refractivity contribution in [1.29, 1.82) is 0 Å². The minimum absolute atomic E-state index is 0.0417. The zero-order valence-corrected chi connectivity index (χ0v) is 20.1.